The molecule has 0 saturated carbocycles. The highest BCUT2D eigenvalue weighted by Crippen LogP contribution is 2.33. The van der Waals surface area contributed by atoms with Crippen LogP contribution in [0.4, 0.5) is 0 Å². The van der Waals surface area contributed by atoms with Crippen LogP contribution in [-0.4, -0.2) is 47.9 Å². The van der Waals surface area contributed by atoms with E-state index in [9.17, 15) is 5.11 Å². The Hall–Kier alpha value is -1.10. The zero-order chi connectivity index (χ0) is 17.7. The van der Waals surface area contributed by atoms with E-state index in [4.69, 9.17) is 4.74 Å². The Kier molecular flexibility index (Phi) is 6.67. The van der Waals surface area contributed by atoms with Crippen molar-refractivity contribution in [2.45, 2.75) is 64.8 Å². The van der Waals surface area contributed by atoms with Crippen molar-refractivity contribution in [1.29, 1.82) is 0 Å². The standard InChI is InChI=1S/C20H34N2O2/c1-15(2)24-19-8-6-18(7-9-19)13-21-11-10-20(23)12-17(4)22(5)14-16(20)3/h6-9,15-17,21,23H,10-14H2,1-5H3/t16-,17+,20-/m0/s1. The van der Waals surface area contributed by atoms with Gasteiger partial charge >= 0.3 is 0 Å². The predicted octanol–water partition coefficient (Wildman–Crippen LogP) is 3.04. The molecule has 0 spiro atoms. The van der Waals surface area contributed by atoms with Crippen molar-refractivity contribution in [3.8, 4) is 5.75 Å². The maximum atomic E-state index is 11.0. The third-order valence-corrected chi connectivity index (χ3v) is 5.24. The number of hydrogen-bond donors (Lipinski definition) is 2. The van der Waals surface area contributed by atoms with Gasteiger partial charge in [-0.05, 0) is 70.8 Å². The van der Waals surface area contributed by atoms with Crippen LogP contribution in [0.2, 0.25) is 0 Å². The van der Waals surface area contributed by atoms with E-state index >= 15 is 0 Å². The number of nitrogens with zero attached hydrogens (tertiary/aromatic N) is 1. The summed E-state index contributed by atoms with van der Waals surface area (Å²) in [5, 5.41) is 14.4. The Bertz CT molecular complexity index is 503. The van der Waals surface area contributed by atoms with Crippen LogP contribution in [-0.2, 0) is 6.54 Å². The number of nitrogens with one attached hydrogen (secondary N) is 1. The molecule has 4 nitrogen and oxygen atoms in total. The molecule has 0 aliphatic carbocycles. The third kappa shape index (κ3) is 5.20. The fraction of sp³-hybridized carbons (Fsp3) is 0.700. The van der Waals surface area contributed by atoms with Gasteiger partial charge in [-0.3, -0.25) is 0 Å². The van der Waals surface area contributed by atoms with E-state index in [-0.39, 0.29) is 6.10 Å². The molecule has 0 unspecified atom stereocenters. The van der Waals surface area contributed by atoms with Crippen molar-refractivity contribution in [2.75, 3.05) is 20.1 Å². The highest BCUT2D eigenvalue weighted by atomic mass is 16.5. The molecule has 2 rings (SSSR count). The lowest BCUT2D eigenvalue weighted by Gasteiger charge is -2.46. The van der Waals surface area contributed by atoms with Crippen molar-refractivity contribution < 1.29 is 9.84 Å². The highest BCUT2D eigenvalue weighted by molar-refractivity contribution is 5.27. The molecule has 1 aromatic carbocycles. The van der Waals surface area contributed by atoms with Crippen LogP contribution in [0, 0.1) is 5.92 Å². The third-order valence-electron chi connectivity index (χ3n) is 5.24. The molecule has 2 N–H and O–H groups in total. The number of benzene rings is 1. The molecule has 0 bridgehead atoms. The van der Waals surface area contributed by atoms with Gasteiger partial charge in [0.15, 0.2) is 0 Å². The molecule has 136 valence electrons. The molecule has 0 amide bonds. The minimum absolute atomic E-state index is 0.202. The summed E-state index contributed by atoms with van der Waals surface area (Å²) in [4.78, 5) is 2.34. The van der Waals surface area contributed by atoms with Crippen LogP contribution >= 0.6 is 0 Å². The van der Waals surface area contributed by atoms with Gasteiger partial charge in [0.2, 0.25) is 0 Å². The van der Waals surface area contributed by atoms with Gasteiger partial charge < -0.3 is 20.1 Å². The first-order valence-corrected chi connectivity index (χ1v) is 9.19. The number of ether oxygens (including phenoxy) is 1. The average Bonchev–Trinajstić information content (AvgIpc) is 2.51. The lowest BCUT2D eigenvalue weighted by atomic mass is 9.77. The number of likely N-dealkylation sites (tertiary alicyclic amines) is 1. The number of hydrogen-bond acceptors (Lipinski definition) is 4. The van der Waals surface area contributed by atoms with Crippen LogP contribution in [0.5, 0.6) is 5.75 Å². The van der Waals surface area contributed by atoms with Gasteiger partial charge in [-0.1, -0.05) is 19.1 Å². The molecule has 3 atom stereocenters. The van der Waals surface area contributed by atoms with Crippen LogP contribution in [0.15, 0.2) is 24.3 Å². The molecule has 0 radical (unpaired) electrons. The van der Waals surface area contributed by atoms with E-state index in [1.54, 1.807) is 0 Å². The van der Waals surface area contributed by atoms with Gasteiger partial charge in [0.1, 0.15) is 5.75 Å². The summed E-state index contributed by atoms with van der Waals surface area (Å²) in [5.74, 6) is 1.23. The van der Waals surface area contributed by atoms with Crippen molar-refractivity contribution in [3.05, 3.63) is 29.8 Å². The lowest BCUT2D eigenvalue weighted by molar-refractivity contribution is -0.0831. The van der Waals surface area contributed by atoms with Gasteiger partial charge in [-0.15, -0.1) is 0 Å². The minimum Gasteiger partial charge on any atom is -0.491 e. The lowest BCUT2D eigenvalue weighted by Crippen LogP contribution is -2.54. The average molecular weight is 335 g/mol. The predicted molar refractivity (Wildman–Crippen MR) is 99.4 cm³/mol. The van der Waals surface area contributed by atoms with Crippen molar-refractivity contribution in [3.63, 3.8) is 0 Å². The van der Waals surface area contributed by atoms with E-state index in [1.165, 1.54) is 5.56 Å². The molecular formula is C20H34N2O2. The maximum Gasteiger partial charge on any atom is 0.119 e. The minimum atomic E-state index is -0.548. The number of aliphatic hydroxyl groups is 1. The Morgan fingerprint density at radius 1 is 1.29 bits per heavy atom. The molecule has 0 aromatic heterocycles. The fourth-order valence-electron chi connectivity index (χ4n) is 3.49. The quantitative estimate of drug-likeness (QED) is 0.752. The highest BCUT2D eigenvalue weighted by Gasteiger charge is 2.40. The molecule has 1 aliphatic heterocycles. The smallest absolute Gasteiger partial charge is 0.119 e. The zero-order valence-electron chi connectivity index (χ0n) is 15.9. The Morgan fingerprint density at radius 3 is 2.58 bits per heavy atom. The first kappa shape index (κ1) is 19.2. The summed E-state index contributed by atoms with van der Waals surface area (Å²) < 4.78 is 5.66. The van der Waals surface area contributed by atoms with E-state index in [0.717, 1.165) is 38.2 Å². The topological polar surface area (TPSA) is 44.7 Å². The van der Waals surface area contributed by atoms with E-state index in [2.05, 4.69) is 43.2 Å². The van der Waals surface area contributed by atoms with E-state index < -0.39 is 5.60 Å². The van der Waals surface area contributed by atoms with Crippen molar-refractivity contribution >= 4 is 0 Å². The Labute approximate surface area is 147 Å². The van der Waals surface area contributed by atoms with Gasteiger partial charge in [-0.25, -0.2) is 0 Å². The Morgan fingerprint density at radius 2 is 1.96 bits per heavy atom. The second kappa shape index (κ2) is 8.32. The second-order valence-corrected chi connectivity index (χ2v) is 7.73. The largest absolute Gasteiger partial charge is 0.491 e. The molecule has 1 saturated heterocycles. The summed E-state index contributed by atoms with van der Waals surface area (Å²) in [7, 11) is 2.14. The van der Waals surface area contributed by atoms with Crippen LogP contribution in [0.3, 0.4) is 0 Å². The monoisotopic (exact) mass is 334 g/mol. The molecule has 1 aromatic rings. The van der Waals surface area contributed by atoms with Crippen LogP contribution in [0.25, 0.3) is 0 Å². The van der Waals surface area contributed by atoms with Gasteiger partial charge in [0.25, 0.3) is 0 Å². The molecule has 24 heavy (non-hydrogen) atoms. The summed E-state index contributed by atoms with van der Waals surface area (Å²) >= 11 is 0. The second-order valence-electron chi connectivity index (χ2n) is 7.73. The normalized spacial score (nSPS) is 28.3. The van der Waals surface area contributed by atoms with E-state index in [1.807, 2.05) is 26.0 Å². The van der Waals surface area contributed by atoms with E-state index in [0.29, 0.717) is 12.0 Å². The zero-order valence-corrected chi connectivity index (χ0v) is 15.9. The van der Waals surface area contributed by atoms with Gasteiger partial charge in [0.05, 0.1) is 11.7 Å². The van der Waals surface area contributed by atoms with Gasteiger partial charge in [-0.2, -0.15) is 0 Å². The van der Waals surface area contributed by atoms with Gasteiger partial charge in [0, 0.05) is 19.1 Å². The first-order chi connectivity index (χ1) is 11.3. The molecule has 4 heteroatoms. The Balaban J connectivity index is 1.76. The summed E-state index contributed by atoms with van der Waals surface area (Å²) in [6, 6.07) is 8.68. The number of piperidine rings is 1. The summed E-state index contributed by atoms with van der Waals surface area (Å²) in [6.07, 6.45) is 1.86. The molecule has 1 fully saturated rings. The fourth-order valence-corrected chi connectivity index (χ4v) is 3.49. The van der Waals surface area contributed by atoms with Crippen LogP contribution < -0.4 is 10.1 Å². The van der Waals surface area contributed by atoms with Crippen LogP contribution in [0.1, 0.15) is 46.1 Å². The molecule has 1 aliphatic rings. The maximum absolute atomic E-state index is 11.0. The molecule has 1 heterocycles. The van der Waals surface area contributed by atoms with Crippen molar-refractivity contribution in [1.82, 2.24) is 10.2 Å². The summed E-state index contributed by atoms with van der Waals surface area (Å²) in [6.45, 7) is 11.1. The van der Waals surface area contributed by atoms with Crippen molar-refractivity contribution in [2.24, 2.45) is 5.92 Å². The molecular weight excluding hydrogens is 300 g/mol. The SMILES string of the molecule is CC(C)Oc1ccc(CNCC[C@]2(O)C[C@@H](C)N(C)C[C@@H]2C)cc1. The first-order valence-electron chi connectivity index (χ1n) is 9.19. The summed E-state index contributed by atoms with van der Waals surface area (Å²) in [5.41, 5.74) is 0.691. The number of rotatable bonds is 7.